The van der Waals surface area contributed by atoms with Crippen LogP contribution in [-0.2, 0) is 23.6 Å². The molecule has 130 valence electrons. The van der Waals surface area contributed by atoms with Crippen molar-refractivity contribution in [3.05, 3.63) is 39.6 Å². The van der Waals surface area contributed by atoms with Gasteiger partial charge in [0.2, 0.25) is 10.0 Å². The number of sulfonamides is 1. The summed E-state index contributed by atoms with van der Waals surface area (Å²) in [5, 5.41) is 8.44. The Bertz CT molecular complexity index is 925. The lowest BCUT2D eigenvalue weighted by molar-refractivity contribution is 0.540. The Balaban J connectivity index is 1.72. The molecular formula is C15H21N5O3S. The summed E-state index contributed by atoms with van der Waals surface area (Å²) in [7, 11) is -1.97. The van der Waals surface area contributed by atoms with Gasteiger partial charge < -0.3 is 0 Å². The van der Waals surface area contributed by atoms with Gasteiger partial charge in [-0.15, -0.1) is 0 Å². The first-order valence-corrected chi connectivity index (χ1v) is 9.36. The number of aryl methyl sites for hydroxylation is 2. The van der Waals surface area contributed by atoms with Gasteiger partial charge in [-0.05, 0) is 32.8 Å². The topological polar surface area (TPSA) is 98.9 Å². The maximum atomic E-state index is 12.5. The molecule has 0 bridgehead atoms. The van der Waals surface area contributed by atoms with E-state index in [2.05, 4.69) is 14.9 Å². The van der Waals surface area contributed by atoms with Crippen LogP contribution in [0.1, 0.15) is 35.8 Å². The highest BCUT2D eigenvalue weighted by Gasteiger charge is 2.26. The van der Waals surface area contributed by atoms with Crippen molar-refractivity contribution in [3.8, 4) is 0 Å². The summed E-state index contributed by atoms with van der Waals surface area (Å²) < 4.78 is 30.3. The molecule has 0 aliphatic heterocycles. The normalized spacial score (nSPS) is 15.0. The second-order valence-electron chi connectivity index (χ2n) is 6.12. The van der Waals surface area contributed by atoms with Gasteiger partial charge in [0, 0.05) is 25.6 Å². The molecule has 0 saturated heterocycles. The highest BCUT2D eigenvalue weighted by atomic mass is 32.2. The molecule has 1 saturated carbocycles. The second-order valence-corrected chi connectivity index (χ2v) is 7.82. The summed E-state index contributed by atoms with van der Waals surface area (Å²) in [4.78, 5) is 12.1. The number of hydrogen-bond donors (Lipinski definition) is 1. The Labute approximate surface area is 140 Å². The largest absolute Gasteiger partial charge is 0.271 e. The molecule has 0 radical (unpaired) electrons. The lowest BCUT2D eigenvalue weighted by Crippen LogP contribution is -2.32. The van der Waals surface area contributed by atoms with Crippen molar-refractivity contribution in [2.75, 3.05) is 6.54 Å². The Morgan fingerprint density at radius 2 is 1.96 bits per heavy atom. The molecule has 2 heterocycles. The Kier molecular flexibility index (Phi) is 4.31. The van der Waals surface area contributed by atoms with Crippen molar-refractivity contribution in [2.45, 2.75) is 44.0 Å². The van der Waals surface area contributed by atoms with Crippen molar-refractivity contribution < 1.29 is 8.42 Å². The molecule has 0 unspecified atom stereocenters. The van der Waals surface area contributed by atoms with Crippen LogP contribution in [0, 0.1) is 13.8 Å². The van der Waals surface area contributed by atoms with Crippen LogP contribution in [0.15, 0.2) is 21.8 Å². The lowest BCUT2D eigenvalue weighted by atomic mass is 10.3. The molecule has 9 heteroatoms. The fourth-order valence-electron chi connectivity index (χ4n) is 2.72. The molecule has 2 aromatic heterocycles. The van der Waals surface area contributed by atoms with E-state index < -0.39 is 10.0 Å². The first-order valence-electron chi connectivity index (χ1n) is 7.87. The average molecular weight is 351 g/mol. The van der Waals surface area contributed by atoms with E-state index in [1.807, 2.05) is 0 Å². The minimum Gasteiger partial charge on any atom is -0.271 e. The average Bonchev–Trinajstić information content (AvgIpc) is 3.29. The number of aromatic nitrogens is 4. The Morgan fingerprint density at radius 1 is 1.25 bits per heavy atom. The van der Waals surface area contributed by atoms with Gasteiger partial charge in [0.15, 0.2) is 0 Å². The van der Waals surface area contributed by atoms with Crippen molar-refractivity contribution in [1.29, 1.82) is 0 Å². The fourth-order valence-corrected chi connectivity index (χ4v) is 4.18. The molecule has 8 nitrogen and oxygen atoms in total. The van der Waals surface area contributed by atoms with Gasteiger partial charge in [0.1, 0.15) is 4.90 Å². The lowest BCUT2D eigenvalue weighted by Gasteiger charge is -2.09. The Morgan fingerprint density at radius 3 is 2.54 bits per heavy atom. The van der Waals surface area contributed by atoms with Gasteiger partial charge in [-0.25, -0.2) is 17.8 Å². The number of hydrogen-bond acceptors (Lipinski definition) is 5. The molecule has 1 aliphatic rings. The van der Waals surface area contributed by atoms with Crippen molar-refractivity contribution in [1.82, 2.24) is 24.3 Å². The van der Waals surface area contributed by atoms with Gasteiger partial charge >= 0.3 is 0 Å². The summed E-state index contributed by atoms with van der Waals surface area (Å²) in [6, 6.07) is 3.24. The van der Waals surface area contributed by atoms with Crippen LogP contribution in [0.5, 0.6) is 0 Å². The minimum atomic E-state index is -3.67. The van der Waals surface area contributed by atoms with Crippen molar-refractivity contribution >= 4 is 10.0 Å². The van der Waals surface area contributed by atoms with E-state index in [9.17, 15) is 13.2 Å². The summed E-state index contributed by atoms with van der Waals surface area (Å²) in [6.07, 6.45) is 2.19. The quantitative estimate of drug-likeness (QED) is 0.815. The van der Waals surface area contributed by atoms with E-state index in [-0.39, 0.29) is 23.5 Å². The molecular weight excluding hydrogens is 330 g/mol. The number of nitrogens with zero attached hydrogens (tertiary/aromatic N) is 4. The van der Waals surface area contributed by atoms with Gasteiger partial charge in [0.25, 0.3) is 5.56 Å². The van der Waals surface area contributed by atoms with Gasteiger partial charge in [-0.2, -0.15) is 10.2 Å². The smallest absolute Gasteiger partial charge is 0.266 e. The second kappa shape index (κ2) is 6.14. The van der Waals surface area contributed by atoms with Crippen LogP contribution in [0.3, 0.4) is 0 Å². The number of nitrogens with one attached hydrogen (secondary N) is 1. The molecule has 0 amide bonds. The van der Waals surface area contributed by atoms with E-state index in [0.717, 1.165) is 18.5 Å². The minimum absolute atomic E-state index is 0.0944. The summed E-state index contributed by atoms with van der Waals surface area (Å²) in [6.45, 7) is 3.65. The van der Waals surface area contributed by atoms with Crippen LogP contribution >= 0.6 is 0 Å². The maximum absolute atomic E-state index is 12.5. The number of rotatable bonds is 6. The first-order chi connectivity index (χ1) is 11.3. The van der Waals surface area contributed by atoms with Crippen LogP contribution in [0.25, 0.3) is 0 Å². The third kappa shape index (κ3) is 3.27. The maximum Gasteiger partial charge on any atom is 0.266 e. The summed E-state index contributed by atoms with van der Waals surface area (Å²) >= 11 is 0. The molecule has 1 aliphatic carbocycles. The van der Waals surface area contributed by atoms with E-state index in [1.54, 1.807) is 27.0 Å². The molecule has 0 atom stereocenters. The monoisotopic (exact) mass is 351 g/mol. The van der Waals surface area contributed by atoms with Crippen molar-refractivity contribution in [3.63, 3.8) is 0 Å². The molecule has 3 rings (SSSR count). The summed E-state index contributed by atoms with van der Waals surface area (Å²) in [5.74, 6) is 0.439. The molecule has 1 N–H and O–H groups in total. The first kappa shape index (κ1) is 16.8. The zero-order chi connectivity index (χ0) is 17.5. The fraction of sp³-hybridized carbons (Fsp3) is 0.533. The highest BCUT2D eigenvalue weighted by molar-refractivity contribution is 7.89. The molecule has 24 heavy (non-hydrogen) atoms. The van der Waals surface area contributed by atoms with E-state index in [1.165, 1.54) is 15.4 Å². The van der Waals surface area contributed by atoms with Crippen LogP contribution in [0.4, 0.5) is 0 Å². The molecule has 2 aromatic rings. The van der Waals surface area contributed by atoms with E-state index in [4.69, 9.17) is 0 Å². The molecule has 0 spiro atoms. The standard InChI is InChI=1S/C15H21N5O3S/c1-10-15(11(2)19(3)17-10)24(22,23)16-8-9-20-14(21)7-6-13(18-20)12-4-5-12/h6-7,12,16H,4-5,8-9H2,1-3H3. The van der Waals surface area contributed by atoms with E-state index >= 15 is 0 Å². The predicted octanol–water partition coefficient (Wildman–Crippen LogP) is 0.450. The van der Waals surface area contributed by atoms with E-state index in [0.29, 0.717) is 17.3 Å². The predicted molar refractivity (Wildman–Crippen MR) is 88.3 cm³/mol. The van der Waals surface area contributed by atoms with Crippen LogP contribution in [0.2, 0.25) is 0 Å². The SMILES string of the molecule is Cc1nn(C)c(C)c1S(=O)(=O)NCCn1nc(C2CC2)ccc1=O. The highest BCUT2D eigenvalue weighted by Crippen LogP contribution is 2.38. The molecule has 0 aromatic carbocycles. The van der Waals surface area contributed by atoms with Gasteiger partial charge in [-0.1, -0.05) is 0 Å². The summed E-state index contributed by atoms with van der Waals surface area (Å²) in [5.41, 5.74) is 1.70. The Hall–Kier alpha value is -2.00. The third-order valence-corrected chi connectivity index (χ3v) is 5.92. The van der Waals surface area contributed by atoms with Gasteiger partial charge in [-0.3, -0.25) is 9.48 Å². The van der Waals surface area contributed by atoms with Crippen molar-refractivity contribution in [2.24, 2.45) is 7.05 Å². The zero-order valence-corrected chi connectivity index (χ0v) is 14.8. The zero-order valence-electron chi connectivity index (χ0n) is 14.0. The third-order valence-electron chi connectivity index (χ3n) is 4.21. The van der Waals surface area contributed by atoms with Crippen LogP contribution in [-0.4, -0.2) is 34.5 Å². The van der Waals surface area contributed by atoms with Crippen LogP contribution < -0.4 is 10.3 Å². The van der Waals surface area contributed by atoms with Gasteiger partial charge in [0.05, 0.1) is 23.6 Å². The molecule has 1 fully saturated rings.